The van der Waals surface area contributed by atoms with Crippen LogP contribution in [0.5, 0.6) is 11.5 Å². The Morgan fingerprint density at radius 1 is 1.13 bits per heavy atom. The van der Waals surface area contributed by atoms with E-state index in [2.05, 4.69) is 16.0 Å². The van der Waals surface area contributed by atoms with E-state index in [-0.39, 0.29) is 30.6 Å². The van der Waals surface area contributed by atoms with Crippen molar-refractivity contribution in [2.24, 2.45) is 0 Å². The topological polar surface area (TPSA) is 101 Å². The fourth-order valence-corrected chi connectivity index (χ4v) is 5.16. The van der Waals surface area contributed by atoms with Crippen LogP contribution >= 0.6 is 23.8 Å². The largest absolute Gasteiger partial charge is 0.493 e. The molecule has 2 heterocycles. The van der Waals surface area contributed by atoms with Gasteiger partial charge in [0.05, 0.1) is 30.9 Å². The number of morpholine rings is 1. The molecule has 3 N–H and O–H groups in total. The van der Waals surface area contributed by atoms with E-state index in [1.54, 1.807) is 36.1 Å². The molecule has 0 bridgehead atoms. The summed E-state index contributed by atoms with van der Waals surface area (Å²) in [6.45, 7) is 8.50. The van der Waals surface area contributed by atoms with E-state index < -0.39 is 6.04 Å². The lowest BCUT2D eigenvalue weighted by Gasteiger charge is -2.35. The molecule has 4 rings (SSSR count). The first-order valence-corrected chi connectivity index (χ1v) is 13.4. The van der Waals surface area contributed by atoms with Crippen LogP contribution in [-0.4, -0.2) is 60.8 Å². The lowest BCUT2D eigenvalue weighted by molar-refractivity contribution is -0.145. The summed E-state index contributed by atoms with van der Waals surface area (Å²) in [7, 11) is 1.52. The average molecular weight is 573 g/mol. The molecule has 0 unspecified atom stereocenters. The van der Waals surface area contributed by atoms with Gasteiger partial charge in [-0.15, -0.1) is 0 Å². The number of carbonyl (C=O) groups excluding carboxylic acids is 2. The first-order valence-electron chi connectivity index (χ1n) is 12.7. The number of allylic oxidation sites excluding steroid dienone is 1. The third-order valence-electron chi connectivity index (χ3n) is 6.59. The number of amides is 2. The van der Waals surface area contributed by atoms with Crippen LogP contribution in [0.25, 0.3) is 0 Å². The van der Waals surface area contributed by atoms with Gasteiger partial charge in [0.25, 0.3) is 11.8 Å². The van der Waals surface area contributed by atoms with Gasteiger partial charge < -0.3 is 35.1 Å². The number of nitrogens with zero attached hydrogens (tertiary/aromatic N) is 1. The standard InChI is InChI=1S/C28H33ClN4O5S/c1-15-6-8-20(11-21(15)29)31-27(35)25-18(4)30-28(39)32-26(25)19-7-9-22(23(10-19)36-5)37-14-24(34)33-12-16(2)38-17(3)13-33/h6-11,16-17,26H,12-14H2,1-5H3,(H,31,35)(H2,30,32,39)/t16-,17-,26+/m1/s1. The van der Waals surface area contributed by atoms with Gasteiger partial charge >= 0.3 is 0 Å². The zero-order valence-corrected chi connectivity index (χ0v) is 24.2. The van der Waals surface area contributed by atoms with Crippen molar-refractivity contribution in [3.8, 4) is 11.5 Å². The molecule has 0 radical (unpaired) electrons. The molecule has 3 atom stereocenters. The Bertz CT molecular complexity index is 1310. The second-order valence-corrected chi connectivity index (χ2v) is 10.6. The number of halogens is 1. The number of anilines is 1. The Hall–Kier alpha value is -3.34. The lowest BCUT2D eigenvalue weighted by Crippen LogP contribution is -2.49. The highest BCUT2D eigenvalue weighted by Gasteiger charge is 2.31. The first kappa shape index (κ1) is 28.7. The zero-order valence-electron chi connectivity index (χ0n) is 22.6. The summed E-state index contributed by atoms with van der Waals surface area (Å²) in [5.41, 5.74) is 3.31. The Morgan fingerprint density at radius 3 is 2.51 bits per heavy atom. The second-order valence-electron chi connectivity index (χ2n) is 9.74. The van der Waals surface area contributed by atoms with Gasteiger partial charge in [0.15, 0.2) is 23.2 Å². The molecule has 11 heteroatoms. The van der Waals surface area contributed by atoms with Crippen LogP contribution in [0, 0.1) is 6.92 Å². The number of methoxy groups -OCH3 is 1. The van der Waals surface area contributed by atoms with E-state index in [1.165, 1.54) is 7.11 Å². The first-order chi connectivity index (χ1) is 18.5. The predicted molar refractivity (Wildman–Crippen MR) is 154 cm³/mol. The van der Waals surface area contributed by atoms with E-state index in [0.29, 0.717) is 51.7 Å². The quantitative estimate of drug-likeness (QED) is 0.426. The van der Waals surface area contributed by atoms with Crippen molar-refractivity contribution in [2.75, 3.05) is 32.1 Å². The maximum Gasteiger partial charge on any atom is 0.260 e. The fourth-order valence-electron chi connectivity index (χ4n) is 4.71. The SMILES string of the molecule is COc1cc([C@@H]2NC(=S)NC(C)=C2C(=O)Nc2ccc(C)c(Cl)c2)ccc1OCC(=O)N1C[C@@H](C)O[C@H](C)C1. The van der Waals surface area contributed by atoms with E-state index in [9.17, 15) is 9.59 Å². The van der Waals surface area contributed by atoms with Crippen LogP contribution in [-0.2, 0) is 14.3 Å². The number of thiocarbonyl (C=S) groups is 1. The molecule has 2 aromatic carbocycles. The van der Waals surface area contributed by atoms with Crippen molar-refractivity contribution in [1.82, 2.24) is 15.5 Å². The average Bonchev–Trinajstić information content (AvgIpc) is 2.88. The zero-order chi connectivity index (χ0) is 28.3. The number of benzene rings is 2. The monoisotopic (exact) mass is 572 g/mol. The summed E-state index contributed by atoms with van der Waals surface area (Å²) < 4.78 is 17.1. The van der Waals surface area contributed by atoms with Crippen LogP contribution in [0.3, 0.4) is 0 Å². The van der Waals surface area contributed by atoms with Gasteiger partial charge in [0.1, 0.15) is 0 Å². The molecule has 1 saturated heterocycles. The van der Waals surface area contributed by atoms with Gasteiger partial charge in [-0.2, -0.15) is 0 Å². The molecule has 0 aliphatic carbocycles. The van der Waals surface area contributed by atoms with Crippen molar-refractivity contribution >= 4 is 46.4 Å². The summed E-state index contributed by atoms with van der Waals surface area (Å²) >= 11 is 11.6. The van der Waals surface area contributed by atoms with Crippen LogP contribution in [0.2, 0.25) is 5.02 Å². The molecule has 39 heavy (non-hydrogen) atoms. The van der Waals surface area contributed by atoms with Crippen molar-refractivity contribution in [3.05, 3.63) is 63.8 Å². The number of hydrogen-bond acceptors (Lipinski definition) is 6. The van der Waals surface area contributed by atoms with Crippen molar-refractivity contribution in [1.29, 1.82) is 0 Å². The summed E-state index contributed by atoms with van der Waals surface area (Å²) in [4.78, 5) is 27.9. The van der Waals surface area contributed by atoms with Gasteiger partial charge in [0, 0.05) is 29.5 Å². The van der Waals surface area contributed by atoms with Crippen LogP contribution in [0.1, 0.15) is 37.9 Å². The van der Waals surface area contributed by atoms with E-state index in [4.69, 9.17) is 38.0 Å². The molecule has 208 valence electrons. The summed E-state index contributed by atoms with van der Waals surface area (Å²) in [6, 6.07) is 10.1. The molecule has 2 amide bonds. The highest BCUT2D eigenvalue weighted by Crippen LogP contribution is 2.35. The predicted octanol–water partition coefficient (Wildman–Crippen LogP) is 4.10. The maximum atomic E-state index is 13.4. The molecule has 1 fully saturated rings. The molecule has 2 aliphatic rings. The van der Waals surface area contributed by atoms with Crippen molar-refractivity contribution in [2.45, 2.75) is 45.9 Å². The molecular formula is C28H33ClN4O5S. The number of nitrogens with one attached hydrogen (secondary N) is 3. The molecular weight excluding hydrogens is 540 g/mol. The van der Waals surface area contributed by atoms with Crippen molar-refractivity contribution < 1.29 is 23.8 Å². The van der Waals surface area contributed by atoms with E-state index in [1.807, 2.05) is 32.9 Å². The molecule has 0 saturated carbocycles. The Balaban J connectivity index is 1.53. The van der Waals surface area contributed by atoms with E-state index >= 15 is 0 Å². The van der Waals surface area contributed by atoms with Crippen LogP contribution in [0.15, 0.2) is 47.7 Å². The number of aryl methyl sites for hydroxylation is 1. The van der Waals surface area contributed by atoms with E-state index in [0.717, 1.165) is 11.1 Å². The lowest BCUT2D eigenvalue weighted by atomic mass is 9.94. The summed E-state index contributed by atoms with van der Waals surface area (Å²) in [5, 5.41) is 10.1. The number of carbonyl (C=O) groups is 2. The number of ether oxygens (including phenoxy) is 3. The normalized spacial score (nSPS) is 21.1. The minimum atomic E-state index is -0.555. The number of hydrogen-bond donors (Lipinski definition) is 3. The van der Waals surface area contributed by atoms with Crippen LogP contribution in [0.4, 0.5) is 5.69 Å². The summed E-state index contributed by atoms with van der Waals surface area (Å²) in [6.07, 6.45) is -0.0537. The highest BCUT2D eigenvalue weighted by molar-refractivity contribution is 7.80. The van der Waals surface area contributed by atoms with Gasteiger partial charge in [-0.05, 0) is 75.3 Å². The third-order valence-corrected chi connectivity index (χ3v) is 7.22. The van der Waals surface area contributed by atoms with Crippen LogP contribution < -0.4 is 25.4 Å². The Labute approximate surface area is 238 Å². The van der Waals surface area contributed by atoms with Gasteiger partial charge in [-0.25, -0.2) is 0 Å². The fraction of sp³-hybridized carbons (Fsp3) is 0.393. The third kappa shape index (κ3) is 6.81. The second kappa shape index (κ2) is 12.2. The molecule has 2 aromatic rings. The highest BCUT2D eigenvalue weighted by atomic mass is 35.5. The number of rotatable bonds is 7. The molecule has 2 aliphatic heterocycles. The maximum absolute atomic E-state index is 13.4. The smallest absolute Gasteiger partial charge is 0.260 e. The molecule has 0 spiro atoms. The molecule has 9 nitrogen and oxygen atoms in total. The Morgan fingerprint density at radius 2 is 1.85 bits per heavy atom. The van der Waals surface area contributed by atoms with Crippen molar-refractivity contribution in [3.63, 3.8) is 0 Å². The summed E-state index contributed by atoms with van der Waals surface area (Å²) in [5.74, 6) is 0.417. The minimum absolute atomic E-state index is 0.0269. The van der Waals surface area contributed by atoms with Gasteiger partial charge in [-0.1, -0.05) is 23.7 Å². The van der Waals surface area contributed by atoms with Gasteiger partial charge in [-0.3, -0.25) is 9.59 Å². The van der Waals surface area contributed by atoms with Gasteiger partial charge in [0.2, 0.25) is 0 Å². The minimum Gasteiger partial charge on any atom is -0.493 e. The molecule has 0 aromatic heterocycles. The Kier molecular flexibility index (Phi) is 8.99.